The van der Waals surface area contributed by atoms with E-state index in [9.17, 15) is 14.0 Å². The molecule has 0 N–H and O–H groups in total. The summed E-state index contributed by atoms with van der Waals surface area (Å²) in [6.07, 6.45) is 1.80. The molecule has 0 fully saturated rings. The van der Waals surface area contributed by atoms with E-state index in [0.29, 0.717) is 17.8 Å². The van der Waals surface area contributed by atoms with Crippen LogP contribution in [0.15, 0.2) is 72.4 Å². The zero-order chi connectivity index (χ0) is 22.4. The van der Waals surface area contributed by atoms with Crippen molar-refractivity contribution >= 4 is 28.8 Å². The number of anilines is 2. The van der Waals surface area contributed by atoms with Gasteiger partial charge in [0, 0.05) is 12.2 Å². The first kappa shape index (κ1) is 20.2. The van der Waals surface area contributed by atoms with E-state index in [2.05, 4.69) is 6.07 Å². The predicted octanol–water partition coefficient (Wildman–Crippen LogP) is 5.18. The second-order valence-corrected chi connectivity index (χ2v) is 8.35. The van der Waals surface area contributed by atoms with E-state index in [1.807, 2.05) is 55.1 Å². The van der Waals surface area contributed by atoms with Gasteiger partial charge in [0.05, 0.1) is 11.3 Å². The lowest BCUT2D eigenvalue weighted by molar-refractivity contribution is -0.120. The average Bonchev–Trinajstić information content (AvgIpc) is 3.03. The van der Waals surface area contributed by atoms with E-state index in [1.54, 1.807) is 6.07 Å². The van der Waals surface area contributed by atoms with E-state index in [-0.39, 0.29) is 5.69 Å². The van der Waals surface area contributed by atoms with Crippen molar-refractivity contribution in [2.75, 3.05) is 16.3 Å². The standard InChI is InChI=1S/C27H23FN2O2/c1-17-12-13-22(18(2)15-17)24-25(29-14-6-8-19-7-3-4-11-23(19)29)27(32)30(26(24)31)21-10-5-9-20(28)16-21/h3-5,7,9-13,15-16H,6,8,14H2,1-2H3. The largest absolute Gasteiger partial charge is 0.336 e. The topological polar surface area (TPSA) is 40.6 Å². The summed E-state index contributed by atoms with van der Waals surface area (Å²) in [5.74, 6) is -1.34. The number of amides is 2. The van der Waals surface area contributed by atoms with E-state index in [4.69, 9.17) is 0 Å². The van der Waals surface area contributed by atoms with Crippen LogP contribution in [0.25, 0.3) is 5.57 Å². The third kappa shape index (κ3) is 3.21. The Morgan fingerprint density at radius 2 is 1.69 bits per heavy atom. The number of carbonyl (C=O) groups is 2. The summed E-state index contributed by atoms with van der Waals surface area (Å²) in [4.78, 5) is 30.6. The molecule has 2 aliphatic rings. The summed E-state index contributed by atoms with van der Waals surface area (Å²) in [6.45, 7) is 4.57. The Hall–Kier alpha value is -3.73. The first-order valence-corrected chi connectivity index (χ1v) is 10.8. The van der Waals surface area contributed by atoms with Crippen LogP contribution in [-0.2, 0) is 16.0 Å². The lowest BCUT2D eigenvalue weighted by atomic mass is 9.95. The van der Waals surface area contributed by atoms with Gasteiger partial charge in [-0.3, -0.25) is 9.59 Å². The minimum absolute atomic E-state index is 0.238. The van der Waals surface area contributed by atoms with E-state index < -0.39 is 17.6 Å². The van der Waals surface area contributed by atoms with Gasteiger partial charge in [0.1, 0.15) is 11.5 Å². The third-order valence-electron chi connectivity index (χ3n) is 6.16. The molecule has 5 heteroatoms. The number of hydrogen-bond acceptors (Lipinski definition) is 3. The maximum absolute atomic E-state index is 14.0. The molecule has 32 heavy (non-hydrogen) atoms. The zero-order valence-corrected chi connectivity index (χ0v) is 18.1. The molecule has 3 aromatic carbocycles. The van der Waals surface area contributed by atoms with Gasteiger partial charge in [-0.15, -0.1) is 0 Å². The molecule has 2 amide bonds. The van der Waals surface area contributed by atoms with Gasteiger partial charge in [0.15, 0.2) is 0 Å². The number of aryl methyl sites for hydroxylation is 3. The molecular formula is C27H23FN2O2. The Labute approximate surface area is 186 Å². The summed E-state index contributed by atoms with van der Waals surface area (Å²) in [5, 5.41) is 0. The number of nitrogens with zero attached hydrogens (tertiary/aromatic N) is 2. The second-order valence-electron chi connectivity index (χ2n) is 8.35. The number of fused-ring (bicyclic) bond motifs is 1. The number of carbonyl (C=O) groups excluding carboxylic acids is 2. The van der Waals surface area contributed by atoms with Crippen LogP contribution in [0.3, 0.4) is 0 Å². The molecule has 0 aromatic heterocycles. The fourth-order valence-corrected chi connectivity index (χ4v) is 4.72. The van der Waals surface area contributed by atoms with Crippen molar-refractivity contribution in [1.29, 1.82) is 0 Å². The average molecular weight is 426 g/mol. The van der Waals surface area contributed by atoms with Crippen molar-refractivity contribution < 1.29 is 14.0 Å². The summed E-state index contributed by atoms with van der Waals surface area (Å²) in [7, 11) is 0. The molecule has 5 rings (SSSR count). The summed E-state index contributed by atoms with van der Waals surface area (Å²) in [6, 6.07) is 19.5. The molecule has 160 valence electrons. The highest BCUT2D eigenvalue weighted by Gasteiger charge is 2.44. The molecule has 0 saturated carbocycles. The highest BCUT2D eigenvalue weighted by atomic mass is 19.1. The molecule has 4 nitrogen and oxygen atoms in total. The minimum Gasteiger partial charge on any atom is -0.336 e. The van der Waals surface area contributed by atoms with Crippen molar-refractivity contribution in [2.45, 2.75) is 26.7 Å². The highest BCUT2D eigenvalue weighted by molar-refractivity contribution is 6.46. The molecule has 0 unspecified atom stereocenters. The first-order valence-electron chi connectivity index (χ1n) is 10.8. The van der Waals surface area contributed by atoms with Gasteiger partial charge in [0.2, 0.25) is 0 Å². The lowest BCUT2D eigenvalue weighted by Crippen LogP contribution is -2.37. The van der Waals surface area contributed by atoms with Crippen molar-refractivity contribution in [3.05, 3.63) is 100 Å². The number of hydrogen-bond donors (Lipinski definition) is 0. The Bertz CT molecular complexity index is 1290. The van der Waals surface area contributed by atoms with Crippen LogP contribution in [-0.4, -0.2) is 18.4 Å². The van der Waals surface area contributed by atoms with Gasteiger partial charge >= 0.3 is 0 Å². The van der Waals surface area contributed by atoms with E-state index >= 15 is 0 Å². The molecule has 0 radical (unpaired) electrons. The summed E-state index contributed by atoms with van der Waals surface area (Å²) >= 11 is 0. The van der Waals surface area contributed by atoms with Gasteiger partial charge in [-0.1, -0.05) is 48.0 Å². The molecule has 2 heterocycles. The number of imide groups is 1. The lowest BCUT2D eigenvalue weighted by Gasteiger charge is -2.32. The van der Waals surface area contributed by atoms with Crippen LogP contribution in [0.1, 0.15) is 28.7 Å². The van der Waals surface area contributed by atoms with Crippen molar-refractivity contribution in [2.24, 2.45) is 0 Å². The number of halogens is 1. The van der Waals surface area contributed by atoms with Gasteiger partial charge in [0.25, 0.3) is 11.8 Å². The van der Waals surface area contributed by atoms with E-state index in [0.717, 1.165) is 45.7 Å². The normalized spacial score (nSPS) is 16.1. The fraction of sp³-hybridized carbons (Fsp3) is 0.185. The summed E-state index contributed by atoms with van der Waals surface area (Å²) < 4.78 is 14.0. The van der Waals surface area contributed by atoms with Crippen molar-refractivity contribution in [3.8, 4) is 0 Å². The maximum atomic E-state index is 14.0. The molecule has 0 bridgehead atoms. The molecule has 0 atom stereocenters. The Morgan fingerprint density at radius 3 is 2.47 bits per heavy atom. The molecular weight excluding hydrogens is 403 g/mol. The van der Waals surface area contributed by atoms with Crippen LogP contribution in [0.5, 0.6) is 0 Å². The van der Waals surface area contributed by atoms with Crippen LogP contribution in [0.4, 0.5) is 15.8 Å². The fourth-order valence-electron chi connectivity index (χ4n) is 4.72. The number of benzene rings is 3. The molecule has 2 aliphatic heterocycles. The smallest absolute Gasteiger partial charge is 0.282 e. The number of para-hydroxylation sites is 1. The predicted molar refractivity (Wildman–Crippen MR) is 124 cm³/mol. The van der Waals surface area contributed by atoms with Gasteiger partial charge in [-0.2, -0.15) is 0 Å². The Kier molecular flexibility index (Phi) is 4.89. The van der Waals surface area contributed by atoms with Crippen LogP contribution in [0, 0.1) is 19.7 Å². The Balaban J connectivity index is 1.73. The van der Waals surface area contributed by atoms with Crippen molar-refractivity contribution in [3.63, 3.8) is 0 Å². The SMILES string of the molecule is Cc1ccc(C2=C(N3CCCc4ccccc43)C(=O)N(c3cccc(F)c3)C2=O)c(C)c1. The van der Waals surface area contributed by atoms with Gasteiger partial charge in [-0.05, 0) is 67.6 Å². The summed E-state index contributed by atoms with van der Waals surface area (Å²) in [5.41, 5.74) is 5.79. The molecule has 3 aromatic rings. The molecule has 0 aliphatic carbocycles. The minimum atomic E-state index is -0.493. The van der Waals surface area contributed by atoms with Crippen molar-refractivity contribution in [1.82, 2.24) is 0 Å². The van der Waals surface area contributed by atoms with Gasteiger partial charge in [-0.25, -0.2) is 9.29 Å². The van der Waals surface area contributed by atoms with Crippen LogP contribution >= 0.6 is 0 Å². The molecule has 0 saturated heterocycles. The monoisotopic (exact) mass is 426 g/mol. The Morgan fingerprint density at radius 1 is 0.875 bits per heavy atom. The maximum Gasteiger partial charge on any atom is 0.282 e. The highest BCUT2D eigenvalue weighted by Crippen LogP contribution is 2.40. The molecule has 0 spiro atoms. The number of rotatable bonds is 3. The zero-order valence-electron chi connectivity index (χ0n) is 18.1. The van der Waals surface area contributed by atoms with E-state index in [1.165, 1.54) is 18.2 Å². The van der Waals surface area contributed by atoms with Gasteiger partial charge < -0.3 is 4.90 Å². The second kappa shape index (κ2) is 7.75. The van der Waals surface area contributed by atoms with Crippen LogP contribution in [0.2, 0.25) is 0 Å². The third-order valence-corrected chi connectivity index (χ3v) is 6.16. The quantitative estimate of drug-likeness (QED) is 0.542. The van der Waals surface area contributed by atoms with Crippen LogP contribution < -0.4 is 9.80 Å². The first-order chi connectivity index (χ1) is 15.5.